The van der Waals surface area contributed by atoms with Gasteiger partial charge in [0.15, 0.2) is 0 Å². The molecule has 1 aromatic heterocycles. The van der Waals surface area contributed by atoms with E-state index in [0.29, 0.717) is 11.3 Å². The molecule has 0 aliphatic rings. The summed E-state index contributed by atoms with van der Waals surface area (Å²) in [5.74, 6) is 2.07. The van der Waals surface area contributed by atoms with Gasteiger partial charge in [-0.1, -0.05) is 23.3 Å². The molecule has 2 aromatic rings. The van der Waals surface area contributed by atoms with Crippen molar-refractivity contribution in [3.05, 3.63) is 57.0 Å². The highest BCUT2D eigenvalue weighted by Crippen LogP contribution is 2.24. The summed E-state index contributed by atoms with van der Waals surface area (Å²) < 4.78 is 0. The lowest BCUT2D eigenvalue weighted by Crippen LogP contribution is -2.09. The average Bonchev–Trinajstić information content (AvgIpc) is 2.89. The van der Waals surface area contributed by atoms with Crippen LogP contribution in [0.3, 0.4) is 0 Å². The predicted molar refractivity (Wildman–Crippen MR) is 73.3 cm³/mol. The van der Waals surface area contributed by atoms with Gasteiger partial charge in [-0.15, -0.1) is 6.42 Å². The van der Waals surface area contributed by atoms with Crippen LogP contribution >= 0.6 is 11.3 Å². The van der Waals surface area contributed by atoms with Crippen molar-refractivity contribution in [1.29, 1.82) is 0 Å². The number of rotatable bonds is 3. The van der Waals surface area contributed by atoms with Crippen LogP contribution < -0.4 is 5.32 Å². The van der Waals surface area contributed by atoms with Gasteiger partial charge < -0.3 is 5.32 Å². The van der Waals surface area contributed by atoms with Gasteiger partial charge in [-0.2, -0.15) is 0 Å². The third-order valence-corrected chi connectivity index (χ3v) is 3.32. The minimum absolute atomic E-state index is 0.0671. The molecule has 1 N–H and O–H groups in total. The lowest BCUT2D eigenvalue weighted by Gasteiger charge is -2.03. The number of hydrogen-bond donors (Lipinski definition) is 1. The van der Waals surface area contributed by atoms with Gasteiger partial charge in [-0.3, -0.25) is 14.9 Å². The van der Waals surface area contributed by atoms with E-state index in [9.17, 15) is 14.9 Å². The van der Waals surface area contributed by atoms with Gasteiger partial charge in [0.05, 0.1) is 9.80 Å². The molecule has 0 atom stereocenters. The van der Waals surface area contributed by atoms with Crippen LogP contribution in [-0.4, -0.2) is 10.8 Å². The number of nitrogens with zero attached hydrogens (tertiary/aromatic N) is 1. The number of carbonyl (C=O) groups is 1. The second-order valence-electron chi connectivity index (χ2n) is 3.57. The molecule has 0 aliphatic heterocycles. The molecular weight excluding hydrogens is 264 g/mol. The Morgan fingerprint density at radius 1 is 1.37 bits per heavy atom. The zero-order valence-corrected chi connectivity index (χ0v) is 10.4. The first-order chi connectivity index (χ1) is 9.10. The van der Waals surface area contributed by atoms with Gasteiger partial charge in [0.25, 0.3) is 5.91 Å². The molecule has 0 fully saturated rings. The van der Waals surface area contributed by atoms with Gasteiger partial charge in [0.1, 0.15) is 0 Å². The zero-order chi connectivity index (χ0) is 13.8. The summed E-state index contributed by atoms with van der Waals surface area (Å²) in [6, 6.07) is 9.54. The maximum atomic E-state index is 11.9. The fourth-order valence-corrected chi connectivity index (χ4v) is 2.14. The van der Waals surface area contributed by atoms with Gasteiger partial charge in [0.2, 0.25) is 0 Å². The Morgan fingerprint density at radius 2 is 2.16 bits per heavy atom. The summed E-state index contributed by atoms with van der Waals surface area (Å²) in [6.45, 7) is 0. The van der Waals surface area contributed by atoms with E-state index in [1.54, 1.807) is 24.3 Å². The van der Waals surface area contributed by atoms with Crippen molar-refractivity contribution >= 4 is 27.9 Å². The lowest BCUT2D eigenvalue weighted by molar-refractivity contribution is -0.380. The van der Waals surface area contributed by atoms with Crippen molar-refractivity contribution in [2.24, 2.45) is 0 Å². The molecule has 5 nitrogen and oxygen atoms in total. The summed E-state index contributed by atoms with van der Waals surface area (Å²) >= 11 is 0.827. The maximum absolute atomic E-state index is 11.9. The summed E-state index contributed by atoms with van der Waals surface area (Å²) in [5.41, 5.74) is 1.20. The van der Waals surface area contributed by atoms with E-state index in [0.717, 1.165) is 11.3 Å². The van der Waals surface area contributed by atoms with Gasteiger partial charge >= 0.3 is 5.00 Å². The zero-order valence-electron chi connectivity index (χ0n) is 9.62. The van der Waals surface area contributed by atoms with Crippen LogP contribution in [0, 0.1) is 22.5 Å². The van der Waals surface area contributed by atoms with Crippen molar-refractivity contribution < 1.29 is 9.72 Å². The van der Waals surface area contributed by atoms with E-state index < -0.39 is 10.8 Å². The van der Waals surface area contributed by atoms with Crippen LogP contribution in [0.25, 0.3) is 0 Å². The van der Waals surface area contributed by atoms with E-state index >= 15 is 0 Å². The molecule has 6 heteroatoms. The molecule has 2 rings (SSSR count). The number of thiophene rings is 1. The number of carbonyl (C=O) groups excluding carboxylic acids is 1. The molecule has 0 saturated heterocycles. The van der Waals surface area contributed by atoms with E-state index in [4.69, 9.17) is 6.42 Å². The highest BCUT2D eigenvalue weighted by molar-refractivity contribution is 7.17. The standard InChI is InChI=1S/C13H8N2O3S/c1-2-9-4-3-5-10(8-9)14-13(16)11-6-7-12(19-11)15(17)18/h1,3-8H,(H,14,16). The summed E-state index contributed by atoms with van der Waals surface area (Å²) in [5, 5.41) is 13.1. The minimum Gasteiger partial charge on any atom is -0.321 e. The van der Waals surface area contributed by atoms with Crippen molar-refractivity contribution in [3.8, 4) is 12.3 Å². The SMILES string of the molecule is C#Cc1cccc(NC(=O)c2ccc([N+](=O)[O-])s2)c1. The first kappa shape index (κ1) is 12.8. The molecule has 0 aliphatic carbocycles. The number of terminal acetylenes is 1. The fraction of sp³-hybridized carbons (Fsp3) is 0. The molecule has 94 valence electrons. The quantitative estimate of drug-likeness (QED) is 0.530. The van der Waals surface area contributed by atoms with E-state index in [2.05, 4.69) is 11.2 Å². The molecule has 1 heterocycles. The highest BCUT2D eigenvalue weighted by atomic mass is 32.1. The fourth-order valence-electron chi connectivity index (χ4n) is 1.43. The number of nitrogens with one attached hydrogen (secondary N) is 1. The van der Waals surface area contributed by atoms with E-state index in [-0.39, 0.29) is 9.88 Å². The molecule has 0 unspecified atom stereocenters. The minimum atomic E-state index is -0.527. The van der Waals surface area contributed by atoms with Crippen molar-refractivity contribution in [2.75, 3.05) is 5.32 Å². The first-order valence-corrected chi connectivity index (χ1v) is 6.04. The first-order valence-electron chi connectivity index (χ1n) is 5.22. The van der Waals surface area contributed by atoms with E-state index in [1.165, 1.54) is 12.1 Å². The smallest absolute Gasteiger partial charge is 0.321 e. The molecule has 1 amide bonds. The van der Waals surface area contributed by atoms with E-state index in [1.807, 2.05) is 0 Å². The number of nitro groups is 1. The maximum Gasteiger partial charge on any atom is 0.324 e. The monoisotopic (exact) mass is 272 g/mol. The molecule has 0 bridgehead atoms. The number of anilines is 1. The Bertz CT molecular complexity index is 685. The number of hydrogen-bond acceptors (Lipinski definition) is 4. The van der Waals surface area contributed by atoms with Crippen LogP contribution in [0.2, 0.25) is 0 Å². The Kier molecular flexibility index (Phi) is 3.59. The molecule has 0 radical (unpaired) electrons. The van der Waals surface area contributed by atoms with Gasteiger partial charge in [-0.25, -0.2) is 0 Å². The third-order valence-electron chi connectivity index (χ3n) is 2.28. The van der Waals surface area contributed by atoms with Gasteiger partial charge in [-0.05, 0) is 24.3 Å². The summed E-state index contributed by atoms with van der Waals surface area (Å²) in [4.78, 5) is 22.2. The van der Waals surface area contributed by atoms with Gasteiger partial charge in [0, 0.05) is 17.3 Å². The van der Waals surface area contributed by atoms with Crippen LogP contribution in [0.5, 0.6) is 0 Å². The van der Waals surface area contributed by atoms with Crippen LogP contribution in [0.15, 0.2) is 36.4 Å². The molecule has 1 aromatic carbocycles. The van der Waals surface area contributed by atoms with Crippen LogP contribution in [0.1, 0.15) is 15.2 Å². The summed E-state index contributed by atoms with van der Waals surface area (Å²) in [6.07, 6.45) is 5.26. The van der Waals surface area contributed by atoms with Crippen molar-refractivity contribution in [2.45, 2.75) is 0 Å². The number of amides is 1. The predicted octanol–water partition coefficient (Wildman–Crippen LogP) is 2.89. The Labute approximate surface area is 113 Å². The van der Waals surface area contributed by atoms with Crippen molar-refractivity contribution in [3.63, 3.8) is 0 Å². The van der Waals surface area contributed by atoms with Crippen LogP contribution in [-0.2, 0) is 0 Å². The van der Waals surface area contributed by atoms with Crippen molar-refractivity contribution in [1.82, 2.24) is 0 Å². The Balaban J connectivity index is 2.16. The largest absolute Gasteiger partial charge is 0.324 e. The second kappa shape index (κ2) is 5.33. The highest BCUT2D eigenvalue weighted by Gasteiger charge is 2.15. The third kappa shape index (κ3) is 2.97. The Morgan fingerprint density at radius 3 is 2.79 bits per heavy atom. The van der Waals surface area contributed by atoms with Crippen LogP contribution in [0.4, 0.5) is 10.7 Å². The topological polar surface area (TPSA) is 72.2 Å². The average molecular weight is 272 g/mol. The molecule has 19 heavy (non-hydrogen) atoms. The summed E-state index contributed by atoms with van der Waals surface area (Å²) in [7, 11) is 0. The molecule has 0 spiro atoms. The Hall–Kier alpha value is -2.65. The second-order valence-corrected chi connectivity index (χ2v) is 4.64. The lowest BCUT2D eigenvalue weighted by atomic mass is 10.2. The normalized spacial score (nSPS) is 9.63. The number of benzene rings is 1. The molecular formula is C13H8N2O3S. The molecule has 0 saturated carbocycles.